The lowest BCUT2D eigenvalue weighted by Gasteiger charge is -2.21. The molecule has 1 amide bonds. The van der Waals surface area contributed by atoms with Crippen LogP contribution in [0.1, 0.15) is 33.6 Å². The fourth-order valence-electron chi connectivity index (χ4n) is 2.03. The number of hydrogen-bond donors (Lipinski definition) is 3. The number of aliphatic carboxylic acids is 1. The summed E-state index contributed by atoms with van der Waals surface area (Å²) in [7, 11) is 0. The van der Waals surface area contributed by atoms with Crippen LogP contribution in [0.3, 0.4) is 0 Å². The van der Waals surface area contributed by atoms with Gasteiger partial charge in [0.2, 0.25) is 5.91 Å². The molecule has 0 saturated heterocycles. The average Bonchev–Trinajstić information content (AvgIpc) is 2.96. The molecule has 0 spiro atoms. The molecule has 1 unspecified atom stereocenters. The van der Waals surface area contributed by atoms with E-state index in [1.54, 1.807) is 0 Å². The number of carbonyl (C=O) groups excluding carboxylic acids is 1. The van der Waals surface area contributed by atoms with Gasteiger partial charge in [-0.3, -0.25) is 4.79 Å². The zero-order valence-corrected chi connectivity index (χ0v) is 10.7. The van der Waals surface area contributed by atoms with Gasteiger partial charge in [0, 0.05) is 20.0 Å². The van der Waals surface area contributed by atoms with Crippen LogP contribution in [0.4, 0.5) is 0 Å². The van der Waals surface area contributed by atoms with E-state index in [0.29, 0.717) is 11.3 Å². The summed E-state index contributed by atoms with van der Waals surface area (Å²) in [6.07, 6.45) is 2.41. The van der Waals surface area contributed by atoms with Crippen molar-refractivity contribution >= 4 is 11.9 Å². The number of nitrogens with one attached hydrogen (secondary N) is 2. The van der Waals surface area contributed by atoms with Crippen molar-refractivity contribution in [2.45, 2.75) is 39.7 Å². The molecular weight excluding hydrogens is 220 g/mol. The zero-order chi connectivity index (χ0) is 13.1. The van der Waals surface area contributed by atoms with Crippen LogP contribution in [-0.4, -0.2) is 36.1 Å². The van der Waals surface area contributed by atoms with Crippen LogP contribution < -0.4 is 10.6 Å². The van der Waals surface area contributed by atoms with Crippen molar-refractivity contribution in [1.29, 1.82) is 0 Å². The van der Waals surface area contributed by atoms with Gasteiger partial charge in [0.05, 0.1) is 0 Å². The number of carboxylic acids is 1. The van der Waals surface area contributed by atoms with Crippen molar-refractivity contribution in [3.05, 3.63) is 0 Å². The molecular formula is C12H22N2O3. The summed E-state index contributed by atoms with van der Waals surface area (Å²) in [5, 5.41) is 14.5. The first-order chi connectivity index (χ1) is 7.87. The van der Waals surface area contributed by atoms with E-state index in [1.807, 2.05) is 0 Å². The molecule has 0 aliphatic heterocycles. The Labute approximate surface area is 102 Å². The SMILES string of the molecule is CC(=O)NC(CNCC1(C(C)C)CC1)C(=O)O. The maximum absolute atomic E-state index is 10.9. The molecule has 0 aromatic carbocycles. The van der Waals surface area contributed by atoms with E-state index >= 15 is 0 Å². The molecule has 1 aliphatic rings. The predicted octanol–water partition coefficient (Wildman–Crippen LogP) is 0.601. The Morgan fingerprint density at radius 2 is 1.94 bits per heavy atom. The summed E-state index contributed by atoms with van der Waals surface area (Å²) < 4.78 is 0. The van der Waals surface area contributed by atoms with Crippen molar-refractivity contribution in [2.75, 3.05) is 13.1 Å². The van der Waals surface area contributed by atoms with E-state index in [9.17, 15) is 9.59 Å². The van der Waals surface area contributed by atoms with E-state index in [4.69, 9.17) is 5.11 Å². The monoisotopic (exact) mass is 242 g/mol. The van der Waals surface area contributed by atoms with E-state index < -0.39 is 12.0 Å². The van der Waals surface area contributed by atoms with Crippen LogP contribution in [0.2, 0.25) is 0 Å². The highest BCUT2D eigenvalue weighted by Gasteiger charge is 2.44. The van der Waals surface area contributed by atoms with Crippen LogP contribution in [0.15, 0.2) is 0 Å². The van der Waals surface area contributed by atoms with Crippen LogP contribution in [0.25, 0.3) is 0 Å². The van der Waals surface area contributed by atoms with Crippen LogP contribution in [0.5, 0.6) is 0 Å². The van der Waals surface area contributed by atoms with Crippen molar-refractivity contribution < 1.29 is 14.7 Å². The van der Waals surface area contributed by atoms with Gasteiger partial charge in [-0.2, -0.15) is 0 Å². The third-order valence-corrected chi connectivity index (χ3v) is 3.62. The van der Waals surface area contributed by atoms with E-state index in [1.165, 1.54) is 19.8 Å². The maximum Gasteiger partial charge on any atom is 0.327 e. The van der Waals surface area contributed by atoms with Gasteiger partial charge in [-0.25, -0.2) is 4.79 Å². The zero-order valence-electron chi connectivity index (χ0n) is 10.7. The molecule has 1 fully saturated rings. The summed E-state index contributed by atoms with van der Waals surface area (Å²) in [6, 6.07) is -0.838. The molecule has 0 heterocycles. The summed E-state index contributed by atoms with van der Waals surface area (Å²) in [6.45, 7) is 6.82. The predicted molar refractivity (Wildman–Crippen MR) is 64.6 cm³/mol. The number of carbonyl (C=O) groups is 2. The van der Waals surface area contributed by atoms with Crippen LogP contribution in [0, 0.1) is 11.3 Å². The standard InChI is InChI=1S/C12H22N2O3/c1-8(2)12(4-5-12)7-13-6-10(11(16)17)14-9(3)15/h8,10,13H,4-7H2,1-3H3,(H,14,15)(H,16,17). The van der Waals surface area contributed by atoms with Crippen molar-refractivity contribution in [2.24, 2.45) is 11.3 Å². The molecule has 0 aromatic heterocycles. The summed E-state index contributed by atoms with van der Waals surface area (Å²) in [5.74, 6) is -0.703. The van der Waals surface area contributed by atoms with Crippen molar-refractivity contribution in [3.8, 4) is 0 Å². The van der Waals surface area contributed by atoms with E-state index in [2.05, 4.69) is 24.5 Å². The molecule has 1 atom stereocenters. The van der Waals surface area contributed by atoms with Gasteiger partial charge in [0.25, 0.3) is 0 Å². The lowest BCUT2D eigenvalue weighted by molar-refractivity contribution is -0.141. The molecule has 98 valence electrons. The molecule has 0 radical (unpaired) electrons. The molecule has 1 rings (SSSR count). The minimum atomic E-state index is -0.998. The molecule has 3 N–H and O–H groups in total. The number of rotatable bonds is 7. The quantitative estimate of drug-likeness (QED) is 0.611. The number of carboxylic acid groups (broad SMARTS) is 1. The van der Waals surface area contributed by atoms with Gasteiger partial charge >= 0.3 is 5.97 Å². The fourth-order valence-corrected chi connectivity index (χ4v) is 2.03. The highest BCUT2D eigenvalue weighted by Crippen LogP contribution is 2.51. The lowest BCUT2D eigenvalue weighted by atomic mass is 9.92. The first-order valence-corrected chi connectivity index (χ1v) is 6.08. The topological polar surface area (TPSA) is 78.4 Å². The Kier molecular flexibility index (Phi) is 4.51. The van der Waals surface area contributed by atoms with Crippen LogP contribution in [-0.2, 0) is 9.59 Å². The van der Waals surface area contributed by atoms with Gasteiger partial charge in [-0.05, 0) is 24.2 Å². The Morgan fingerprint density at radius 3 is 2.29 bits per heavy atom. The normalized spacial score (nSPS) is 18.8. The van der Waals surface area contributed by atoms with E-state index in [-0.39, 0.29) is 12.5 Å². The van der Waals surface area contributed by atoms with Gasteiger partial charge < -0.3 is 15.7 Å². The first-order valence-electron chi connectivity index (χ1n) is 6.08. The highest BCUT2D eigenvalue weighted by atomic mass is 16.4. The maximum atomic E-state index is 10.9. The third-order valence-electron chi connectivity index (χ3n) is 3.62. The minimum absolute atomic E-state index is 0.281. The number of hydrogen-bond acceptors (Lipinski definition) is 3. The van der Waals surface area contributed by atoms with Gasteiger partial charge in [-0.15, -0.1) is 0 Å². The number of amides is 1. The van der Waals surface area contributed by atoms with E-state index in [0.717, 1.165) is 6.54 Å². The second kappa shape index (κ2) is 5.49. The molecule has 1 saturated carbocycles. The molecule has 0 aromatic rings. The highest BCUT2D eigenvalue weighted by molar-refractivity contribution is 5.82. The van der Waals surface area contributed by atoms with Crippen LogP contribution >= 0.6 is 0 Å². The summed E-state index contributed by atoms with van der Waals surface area (Å²) >= 11 is 0. The summed E-state index contributed by atoms with van der Waals surface area (Å²) in [4.78, 5) is 21.7. The first kappa shape index (κ1) is 14.0. The summed E-state index contributed by atoms with van der Waals surface area (Å²) in [5.41, 5.74) is 0.347. The van der Waals surface area contributed by atoms with Gasteiger partial charge in [-0.1, -0.05) is 13.8 Å². The lowest BCUT2D eigenvalue weighted by Crippen LogP contribution is -2.47. The molecule has 1 aliphatic carbocycles. The second-order valence-corrected chi connectivity index (χ2v) is 5.24. The Morgan fingerprint density at radius 1 is 1.35 bits per heavy atom. The van der Waals surface area contributed by atoms with Gasteiger partial charge in [0.1, 0.15) is 6.04 Å². The van der Waals surface area contributed by atoms with Crippen molar-refractivity contribution in [1.82, 2.24) is 10.6 Å². The van der Waals surface area contributed by atoms with Gasteiger partial charge in [0.15, 0.2) is 0 Å². The van der Waals surface area contributed by atoms with Crippen molar-refractivity contribution in [3.63, 3.8) is 0 Å². The average molecular weight is 242 g/mol. The minimum Gasteiger partial charge on any atom is -0.480 e. The molecule has 5 nitrogen and oxygen atoms in total. The fraction of sp³-hybridized carbons (Fsp3) is 0.833. The third kappa shape index (κ3) is 4.00. The smallest absolute Gasteiger partial charge is 0.327 e. The largest absolute Gasteiger partial charge is 0.480 e. The Balaban J connectivity index is 2.33. The molecule has 5 heteroatoms. The second-order valence-electron chi connectivity index (χ2n) is 5.24. The Bertz CT molecular complexity index is 298. The molecule has 0 bridgehead atoms. The Hall–Kier alpha value is -1.10. The molecule has 17 heavy (non-hydrogen) atoms.